The molecule has 0 unspecified atom stereocenters. The van der Waals surface area contributed by atoms with Crippen molar-refractivity contribution < 1.29 is 22.7 Å². The van der Waals surface area contributed by atoms with E-state index in [9.17, 15) is 13.2 Å². The highest BCUT2D eigenvalue weighted by Gasteiger charge is 2.54. The lowest BCUT2D eigenvalue weighted by Gasteiger charge is -2.39. The van der Waals surface area contributed by atoms with E-state index in [2.05, 4.69) is 41.0 Å². The summed E-state index contributed by atoms with van der Waals surface area (Å²) in [5, 5.41) is 0. The molecule has 0 amide bonds. The molecule has 0 saturated carbocycles. The van der Waals surface area contributed by atoms with E-state index in [1.165, 1.54) is 17.7 Å². The van der Waals surface area contributed by atoms with Gasteiger partial charge in [-0.1, -0.05) is 35.7 Å². The fraction of sp³-hybridized carbons (Fsp3) is 0.423. The summed E-state index contributed by atoms with van der Waals surface area (Å²) in [5.41, 5.74) is 2.36. The van der Waals surface area contributed by atoms with Crippen LogP contribution in [0, 0.1) is 18.8 Å². The predicted molar refractivity (Wildman–Crippen MR) is 128 cm³/mol. The zero-order valence-electron chi connectivity index (χ0n) is 19.5. The molecule has 1 heterocycles. The van der Waals surface area contributed by atoms with Crippen LogP contribution >= 0.6 is 0 Å². The van der Waals surface area contributed by atoms with E-state index in [1.807, 2.05) is 6.92 Å². The van der Waals surface area contributed by atoms with Crippen LogP contribution in [0.4, 0.5) is 0 Å². The van der Waals surface area contributed by atoms with Gasteiger partial charge < -0.3 is 9.47 Å². The summed E-state index contributed by atoms with van der Waals surface area (Å²) >= 11 is 0. The summed E-state index contributed by atoms with van der Waals surface area (Å²) in [6, 6.07) is 14.5. The van der Waals surface area contributed by atoms with E-state index in [4.69, 9.17) is 9.47 Å². The molecule has 7 heteroatoms. The maximum absolute atomic E-state index is 13.7. The van der Waals surface area contributed by atoms with Crippen LogP contribution in [0.1, 0.15) is 37.8 Å². The molecular formula is C26H31NO5S. The monoisotopic (exact) mass is 469 g/mol. The van der Waals surface area contributed by atoms with Gasteiger partial charge in [0.25, 0.3) is 0 Å². The molecule has 0 radical (unpaired) electrons. The van der Waals surface area contributed by atoms with Gasteiger partial charge in [0.2, 0.25) is 0 Å². The number of nitrogens with zero attached hydrogens (tertiary/aromatic N) is 1. The van der Waals surface area contributed by atoms with E-state index in [0.717, 1.165) is 5.56 Å². The van der Waals surface area contributed by atoms with Gasteiger partial charge >= 0.3 is 5.97 Å². The number of carbonyl (C=O) groups excluding carboxylic acids is 1. The van der Waals surface area contributed by atoms with Crippen molar-refractivity contribution in [1.29, 1.82) is 0 Å². The van der Waals surface area contributed by atoms with E-state index in [-0.39, 0.29) is 31.0 Å². The minimum atomic E-state index is -3.97. The van der Waals surface area contributed by atoms with E-state index in [0.29, 0.717) is 25.4 Å². The summed E-state index contributed by atoms with van der Waals surface area (Å²) in [7, 11) is -3.97. The topological polar surface area (TPSA) is 72.9 Å². The molecule has 33 heavy (non-hydrogen) atoms. The van der Waals surface area contributed by atoms with Crippen molar-refractivity contribution in [2.75, 3.05) is 26.3 Å². The van der Waals surface area contributed by atoms with Gasteiger partial charge in [-0.3, -0.25) is 9.69 Å². The molecule has 0 aromatic heterocycles. The van der Waals surface area contributed by atoms with Gasteiger partial charge in [0.1, 0.15) is 12.4 Å². The second kappa shape index (κ2) is 10.9. The first-order valence-corrected chi connectivity index (χ1v) is 12.6. The Kier molecular flexibility index (Phi) is 8.17. The Labute approximate surface area is 196 Å². The second-order valence-corrected chi connectivity index (χ2v) is 10.4. The summed E-state index contributed by atoms with van der Waals surface area (Å²) < 4.78 is 36.6. The molecule has 0 N–H and O–H groups in total. The Bertz CT molecular complexity index is 1100. The number of rotatable bonds is 8. The van der Waals surface area contributed by atoms with Crippen LogP contribution in [-0.2, 0) is 25.9 Å². The van der Waals surface area contributed by atoms with Crippen molar-refractivity contribution in [2.45, 2.75) is 49.8 Å². The van der Waals surface area contributed by atoms with Crippen LogP contribution in [0.25, 0.3) is 0 Å². The quantitative estimate of drug-likeness (QED) is 0.433. The molecule has 2 aromatic carbocycles. The van der Waals surface area contributed by atoms with Gasteiger partial charge in [0.15, 0.2) is 14.6 Å². The number of aryl methyl sites for hydroxylation is 1. The first kappa shape index (κ1) is 24.8. The van der Waals surface area contributed by atoms with Crippen molar-refractivity contribution in [3.63, 3.8) is 0 Å². The molecule has 1 fully saturated rings. The smallest absolute Gasteiger partial charge is 0.327 e. The van der Waals surface area contributed by atoms with Crippen LogP contribution < -0.4 is 4.74 Å². The zero-order chi connectivity index (χ0) is 23.9. The SMILES string of the molecule is CC#CCOc1ccc(S(=O)(=O)C2(C(=O)OCC)CCN(Cc3ccc(C)cc3)CC2)cc1. The number of piperidine rings is 1. The van der Waals surface area contributed by atoms with Gasteiger partial charge in [0.05, 0.1) is 11.5 Å². The van der Waals surface area contributed by atoms with Gasteiger partial charge in [-0.05, 0) is 63.4 Å². The third-order valence-electron chi connectivity index (χ3n) is 5.97. The number of likely N-dealkylation sites (tertiary alicyclic amines) is 1. The normalized spacial score (nSPS) is 15.8. The minimum absolute atomic E-state index is 0.0939. The average Bonchev–Trinajstić information content (AvgIpc) is 2.81. The van der Waals surface area contributed by atoms with Gasteiger partial charge in [-0.25, -0.2) is 8.42 Å². The summed E-state index contributed by atoms with van der Waals surface area (Å²) in [4.78, 5) is 15.3. The molecule has 3 rings (SSSR count). The van der Waals surface area contributed by atoms with Gasteiger partial charge in [-0.15, -0.1) is 5.92 Å². The van der Waals surface area contributed by atoms with Crippen molar-refractivity contribution in [3.8, 4) is 17.6 Å². The maximum atomic E-state index is 13.7. The van der Waals surface area contributed by atoms with Crippen molar-refractivity contribution in [1.82, 2.24) is 4.90 Å². The lowest BCUT2D eigenvalue weighted by molar-refractivity contribution is -0.147. The van der Waals surface area contributed by atoms with Crippen LogP contribution in [-0.4, -0.2) is 50.3 Å². The first-order valence-electron chi connectivity index (χ1n) is 11.1. The number of carbonyl (C=O) groups is 1. The lowest BCUT2D eigenvalue weighted by atomic mass is 9.95. The number of hydrogen-bond donors (Lipinski definition) is 0. The molecule has 0 aliphatic carbocycles. The number of esters is 1. The largest absolute Gasteiger partial charge is 0.481 e. The molecule has 0 spiro atoms. The van der Waals surface area contributed by atoms with Crippen LogP contribution in [0.2, 0.25) is 0 Å². The summed E-state index contributed by atoms with van der Waals surface area (Å²) in [6.45, 7) is 7.51. The minimum Gasteiger partial charge on any atom is -0.481 e. The first-order chi connectivity index (χ1) is 15.8. The fourth-order valence-corrected chi connectivity index (χ4v) is 5.95. The third-order valence-corrected chi connectivity index (χ3v) is 8.47. The second-order valence-electron chi connectivity index (χ2n) is 8.17. The van der Waals surface area contributed by atoms with Crippen molar-refractivity contribution >= 4 is 15.8 Å². The number of ether oxygens (including phenoxy) is 2. The molecular weight excluding hydrogens is 438 g/mol. The van der Waals surface area contributed by atoms with E-state index in [1.54, 1.807) is 26.0 Å². The lowest BCUT2D eigenvalue weighted by Crippen LogP contribution is -2.54. The Hall–Kier alpha value is -2.82. The Morgan fingerprint density at radius 1 is 1.06 bits per heavy atom. The number of sulfone groups is 1. The van der Waals surface area contributed by atoms with Crippen LogP contribution in [0.5, 0.6) is 5.75 Å². The Morgan fingerprint density at radius 2 is 1.70 bits per heavy atom. The average molecular weight is 470 g/mol. The predicted octanol–water partition coefficient (Wildman–Crippen LogP) is 3.77. The molecule has 6 nitrogen and oxygen atoms in total. The Balaban J connectivity index is 1.80. The van der Waals surface area contributed by atoms with Crippen LogP contribution in [0.3, 0.4) is 0 Å². The molecule has 2 aromatic rings. The molecule has 1 aliphatic heterocycles. The third kappa shape index (κ3) is 5.58. The highest BCUT2D eigenvalue weighted by molar-refractivity contribution is 7.93. The molecule has 1 aliphatic rings. The Morgan fingerprint density at radius 3 is 2.27 bits per heavy atom. The van der Waals surface area contributed by atoms with E-state index < -0.39 is 20.6 Å². The van der Waals surface area contributed by atoms with Gasteiger partial charge in [0, 0.05) is 19.6 Å². The van der Waals surface area contributed by atoms with Gasteiger partial charge in [-0.2, -0.15) is 0 Å². The molecule has 0 atom stereocenters. The number of hydrogen-bond acceptors (Lipinski definition) is 6. The number of benzene rings is 2. The van der Waals surface area contributed by atoms with Crippen molar-refractivity contribution in [3.05, 3.63) is 59.7 Å². The molecule has 176 valence electrons. The molecule has 0 bridgehead atoms. The highest BCUT2D eigenvalue weighted by atomic mass is 32.2. The summed E-state index contributed by atoms with van der Waals surface area (Å²) in [6.07, 6.45) is 0.370. The zero-order valence-corrected chi connectivity index (χ0v) is 20.3. The highest BCUT2D eigenvalue weighted by Crippen LogP contribution is 2.37. The maximum Gasteiger partial charge on any atom is 0.327 e. The summed E-state index contributed by atoms with van der Waals surface area (Å²) in [5.74, 6) is 5.39. The van der Waals surface area contributed by atoms with E-state index >= 15 is 0 Å². The standard InChI is InChI=1S/C26H31NO5S/c1-4-6-19-32-23-11-13-24(14-12-23)33(29,30)26(25(28)31-5-2)15-17-27(18-16-26)20-22-9-7-21(3)8-10-22/h7-14H,5,15-20H2,1-3H3. The fourth-order valence-electron chi connectivity index (χ4n) is 4.00. The van der Waals surface area contributed by atoms with Crippen molar-refractivity contribution in [2.24, 2.45) is 0 Å². The van der Waals surface area contributed by atoms with Crippen LogP contribution in [0.15, 0.2) is 53.4 Å². The molecule has 1 saturated heterocycles.